The van der Waals surface area contributed by atoms with Crippen LogP contribution in [-0.2, 0) is 44.4 Å². The van der Waals surface area contributed by atoms with Crippen LogP contribution >= 0.6 is 0 Å². The average Bonchev–Trinajstić information content (AvgIpc) is 3.11. The molecule has 7 heteroatoms. The number of aliphatic hydroxyl groups is 2. The lowest BCUT2D eigenvalue weighted by atomic mass is 9.83. The lowest BCUT2D eigenvalue weighted by molar-refractivity contribution is -0.455. The van der Waals surface area contributed by atoms with Crippen LogP contribution < -0.4 is 0 Å². The monoisotopic (exact) mass is 414 g/mol. The van der Waals surface area contributed by atoms with Crippen molar-refractivity contribution in [3.05, 3.63) is 70.3 Å². The largest absolute Gasteiger partial charge is 0.387 e. The molecule has 0 saturated carbocycles. The number of hydrogen-bond acceptors (Lipinski definition) is 7. The first-order chi connectivity index (χ1) is 14.5. The number of aldehydes is 1. The number of ether oxygens (including phenoxy) is 2. The minimum Gasteiger partial charge on any atom is -0.387 e. The van der Waals surface area contributed by atoms with Gasteiger partial charge in [0, 0.05) is 5.56 Å². The van der Waals surface area contributed by atoms with E-state index in [0.29, 0.717) is 18.3 Å². The van der Waals surface area contributed by atoms with Crippen LogP contribution in [-0.4, -0.2) is 40.3 Å². The van der Waals surface area contributed by atoms with Gasteiger partial charge in [-0.05, 0) is 41.2 Å². The molecule has 2 aliphatic rings. The van der Waals surface area contributed by atoms with Crippen molar-refractivity contribution >= 4 is 6.29 Å². The molecule has 3 N–H and O–H groups in total. The lowest BCUT2D eigenvalue weighted by Gasteiger charge is -2.45. The van der Waals surface area contributed by atoms with Crippen LogP contribution in [0.15, 0.2) is 42.5 Å². The molecule has 7 nitrogen and oxygen atoms in total. The highest BCUT2D eigenvalue weighted by atomic mass is 17.1. The van der Waals surface area contributed by atoms with E-state index in [9.17, 15) is 15.0 Å². The minimum absolute atomic E-state index is 0.165. The molecule has 0 bridgehead atoms. The van der Waals surface area contributed by atoms with Gasteiger partial charge in [-0.2, -0.15) is 0 Å². The molecule has 1 saturated heterocycles. The highest BCUT2D eigenvalue weighted by molar-refractivity contribution is 5.57. The first-order valence-corrected chi connectivity index (χ1v) is 10.2. The molecule has 1 fully saturated rings. The third-order valence-corrected chi connectivity index (χ3v) is 5.94. The number of hydrogen-bond donors (Lipinski definition) is 3. The van der Waals surface area contributed by atoms with Gasteiger partial charge in [0.05, 0.1) is 12.5 Å². The van der Waals surface area contributed by atoms with E-state index in [1.54, 1.807) is 0 Å². The topological polar surface area (TPSA) is 105 Å². The van der Waals surface area contributed by atoms with Crippen LogP contribution in [0.3, 0.4) is 0 Å². The summed E-state index contributed by atoms with van der Waals surface area (Å²) >= 11 is 0. The summed E-state index contributed by atoms with van der Waals surface area (Å²) < 4.78 is 11.5. The molecule has 2 aromatic rings. The van der Waals surface area contributed by atoms with Gasteiger partial charge in [0.2, 0.25) is 12.1 Å². The molecule has 0 radical (unpaired) electrons. The third-order valence-electron chi connectivity index (χ3n) is 5.94. The van der Waals surface area contributed by atoms with E-state index in [0.717, 1.165) is 29.5 Å². The Morgan fingerprint density at radius 1 is 1.13 bits per heavy atom. The fraction of sp³-hybridized carbons (Fsp3) is 0.435. The number of fused-ring (bicyclic) bond motifs is 2. The molecular weight excluding hydrogens is 388 g/mol. The number of carbonyl (C=O) groups is 1. The van der Waals surface area contributed by atoms with Gasteiger partial charge in [-0.25, -0.2) is 10.1 Å². The van der Waals surface area contributed by atoms with Crippen molar-refractivity contribution in [2.45, 2.75) is 57.1 Å². The van der Waals surface area contributed by atoms with E-state index in [1.807, 2.05) is 18.2 Å². The maximum atomic E-state index is 11.5. The van der Waals surface area contributed by atoms with Crippen LogP contribution in [0, 0.1) is 5.92 Å². The second-order valence-electron chi connectivity index (χ2n) is 7.93. The Bertz CT molecular complexity index is 897. The van der Waals surface area contributed by atoms with Crippen molar-refractivity contribution in [1.29, 1.82) is 0 Å². The van der Waals surface area contributed by atoms with E-state index in [1.165, 1.54) is 5.56 Å². The summed E-state index contributed by atoms with van der Waals surface area (Å²) in [6.45, 7) is 2.32. The molecule has 2 unspecified atom stereocenters. The van der Waals surface area contributed by atoms with Gasteiger partial charge >= 0.3 is 0 Å². The quantitative estimate of drug-likeness (QED) is 0.378. The zero-order valence-electron chi connectivity index (χ0n) is 16.7. The molecule has 30 heavy (non-hydrogen) atoms. The number of carbonyl (C=O) groups excluding carboxylic acids is 1. The van der Waals surface area contributed by atoms with Crippen molar-refractivity contribution < 1.29 is 34.6 Å². The Morgan fingerprint density at radius 3 is 2.50 bits per heavy atom. The maximum Gasteiger partial charge on any atom is 0.225 e. The molecule has 2 heterocycles. The van der Waals surface area contributed by atoms with Crippen molar-refractivity contribution in [2.24, 2.45) is 5.92 Å². The summed E-state index contributed by atoms with van der Waals surface area (Å²) in [5.74, 6) is -2.94. The number of aryl methyl sites for hydroxylation is 1. The van der Waals surface area contributed by atoms with Crippen molar-refractivity contribution in [3.63, 3.8) is 0 Å². The molecular formula is C23H26O7. The Labute approximate surface area is 174 Å². The minimum atomic E-state index is -1.70. The molecule has 0 aromatic heterocycles. The zero-order chi connectivity index (χ0) is 21.3. The van der Waals surface area contributed by atoms with Crippen molar-refractivity contribution in [1.82, 2.24) is 0 Å². The Hall–Kier alpha value is -2.13. The van der Waals surface area contributed by atoms with Gasteiger partial charge in [0.1, 0.15) is 18.5 Å². The van der Waals surface area contributed by atoms with Gasteiger partial charge in [0.25, 0.3) is 0 Å². The molecule has 1 spiro atoms. The predicted octanol–water partition coefficient (Wildman–Crippen LogP) is 2.30. The first-order valence-electron chi connectivity index (χ1n) is 10.2. The summed E-state index contributed by atoms with van der Waals surface area (Å²) in [5.41, 5.74) is 4.79. The van der Waals surface area contributed by atoms with Gasteiger partial charge in [-0.1, -0.05) is 49.7 Å². The SMILES string of the molecule is CCCc1ccc(Cc2ccc3c(c2)[C@]2(OC3)OC(OO)[C@@H](O)C(C=O)[C@H]2O)cc1. The summed E-state index contributed by atoms with van der Waals surface area (Å²) in [4.78, 5) is 15.7. The van der Waals surface area contributed by atoms with Gasteiger partial charge in [0.15, 0.2) is 0 Å². The Balaban J connectivity index is 1.64. The normalized spacial score (nSPS) is 30.4. The van der Waals surface area contributed by atoms with E-state index in [4.69, 9.17) is 14.7 Å². The second kappa shape index (κ2) is 8.55. The molecule has 0 aliphatic carbocycles. The molecule has 2 aromatic carbocycles. The predicted molar refractivity (Wildman–Crippen MR) is 106 cm³/mol. The Kier molecular flexibility index (Phi) is 6.02. The van der Waals surface area contributed by atoms with Crippen LogP contribution in [0.1, 0.15) is 41.2 Å². The molecule has 0 amide bonds. The molecule has 4 rings (SSSR count). The van der Waals surface area contributed by atoms with Crippen LogP contribution in [0.4, 0.5) is 0 Å². The lowest BCUT2D eigenvalue weighted by Crippen LogP contribution is -2.60. The van der Waals surface area contributed by atoms with Crippen molar-refractivity contribution in [3.8, 4) is 0 Å². The van der Waals surface area contributed by atoms with Crippen LogP contribution in [0.25, 0.3) is 0 Å². The van der Waals surface area contributed by atoms with Crippen LogP contribution in [0.5, 0.6) is 0 Å². The maximum absolute atomic E-state index is 11.5. The van der Waals surface area contributed by atoms with Crippen LogP contribution in [0.2, 0.25) is 0 Å². The third kappa shape index (κ3) is 3.58. The molecule has 5 atom stereocenters. The Morgan fingerprint density at radius 2 is 1.83 bits per heavy atom. The standard InChI is InChI=1S/C23H26O7/c1-2-3-14-4-6-15(7-5-14)10-16-8-9-17-13-28-23(19(17)11-16)21(26)18(12-24)20(25)22(29-23)30-27/h4-9,11-12,18,20-22,25-27H,2-3,10,13H2,1H3/t18?,20-,21+,22?,23-/m0/s1. The fourth-order valence-corrected chi connectivity index (χ4v) is 4.31. The molecule has 160 valence electrons. The summed E-state index contributed by atoms with van der Waals surface area (Å²) in [6, 6.07) is 14.2. The second-order valence-corrected chi connectivity index (χ2v) is 7.93. The van der Waals surface area contributed by atoms with Crippen molar-refractivity contribution in [2.75, 3.05) is 0 Å². The van der Waals surface area contributed by atoms with Gasteiger partial charge in [-0.3, -0.25) is 0 Å². The first kappa shape index (κ1) is 21.1. The number of aliphatic hydroxyl groups excluding tert-OH is 2. The average molecular weight is 414 g/mol. The van der Waals surface area contributed by atoms with E-state index < -0.39 is 30.2 Å². The molecule has 2 aliphatic heterocycles. The summed E-state index contributed by atoms with van der Waals surface area (Å²) in [6.07, 6.45) is -1.26. The zero-order valence-corrected chi connectivity index (χ0v) is 16.7. The fourth-order valence-electron chi connectivity index (χ4n) is 4.31. The van der Waals surface area contributed by atoms with E-state index in [2.05, 4.69) is 36.1 Å². The summed E-state index contributed by atoms with van der Waals surface area (Å²) in [5, 5.41) is 30.1. The van der Waals surface area contributed by atoms with Gasteiger partial charge in [-0.15, -0.1) is 0 Å². The van der Waals surface area contributed by atoms with E-state index >= 15 is 0 Å². The summed E-state index contributed by atoms with van der Waals surface area (Å²) in [7, 11) is 0. The number of benzene rings is 2. The van der Waals surface area contributed by atoms with Gasteiger partial charge < -0.3 is 24.5 Å². The highest BCUT2D eigenvalue weighted by Crippen LogP contribution is 2.47. The smallest absolute Gasteiger partial charge is 0.225 e. The van der Waals surface area contributed by atoms with E-state index in [-0.39, 0.29) is 6.61 Å². The number of rotatable bonds is 6. The highest BCUT2D eigenvalue weighted by Gasteiger charge is 2.59.